The first-order chi connectivity index (χ1) is 9.69. The first-order valence-corrected chi connectivity index (χ1v) is 6.44. The highest BCUT2D eigenvalue weighted by Crippen LogP contribution is 2.19. The zero-order chi connectivity index (χ0) is 14.4. The van der Waals surface area contributed by atoms with Crippen LogP contribution in [-0.2, 0) is 4.79 Å². The van der Waals surface area contributed by atoms with E-state index in [0.717, 1.165) is 0 Å². The number of carbonyl (C=O) groups is 1. The van der Waals surface area contributed by atoms with Crippen molar-refractivity contribution in [2.24, 2.45) is 5.73 Å². The Hall–Kier alpha value is -2.40. The lowest BCUT2D eigenvalue weighted by molar-refractivity contribution is -0.117. The van der Waals surface area contributed by atoms with E-state index in [2.05, 4.69) is 10.3 Å². The van der Waals surface area contributed by atoms with Crippen LogP contribution in [0.1, 0.15) is 13.3 Å². The van der Waals surface area contributed by atoms with Crippen LogP contribution in [-0.4, -0.2) is 16.9 Å². The van der Waals surface area contributed by atoms with E-state index in [1.165, 1.54) is 0 Å². The van der Waals surface area contributed by atoms with Crippen molar-refractivity contribution in [2.75, 3.05) is 5.32 Å². The summed E-state index contributed by atoms with van der Waals surface area (Å²) in [6.45, 7) is 1.86. The minimum atomic E-state index is -0.504. The van der Waals surface area contributed by atoms with Gasteiger partial charge in [0.25, 0.3) is 0 Å². The number of aromatic nitrogens is 1. The van der Waals surface area contributed by atoms with E-state index < -0.39 is 6.04 Å². The van der Waals surface area contributed by atoms with Crippen LogP contribution >= 0.6 is 0 Å². The summed E-state index contributed by atoms with van der Waals surface area (Å²) in [5.74, 6) is 0.963. The first-order valence-electron chi connectivity index (χ1n) is 6.44. The summed E-state index contributed by atoms with van der Waals surface area (Å²) in [7, 11) is 0. The van der Waals surface area contributed by atoms with E-state index in [1.54, 1.807) is 18.3 Å². The van der Waals surface area contributed by atoms with Gasteiger partial charge in [-0.1, -0.05) is 25.1 Å². The third kappa shape index (κ3) is 3.80. The molecule has 20 heavy (non-hydrogen) atoms. The lowest BCUT2D eigenvalue weighted by Crippen LogP contribution is -2.34. The summed E-state index contributed by atoms with van der Waals surface area (Å²) in [5, 5.41) is 2.70. The molecule has 0 bridgehead atoms. The van der Waals surface area contributed by atoms with Crippen LogP contribution < -0.4 is 15.8 Å². The fourth-order valence-corrected chi connectivity index (χ4v) is 1.54. The summed E-state index contributed by atoms with van der Waals surface area (Å²) in [5.41, 5.74) is 6.24. The molecule has 0 unspecified atom stereocenters. The second-order valence-electron chi connectivity index (χ2n) is 4.30. The van der Waals surface area contributed by atoms with Crippen molar-refractivity contribution in [1.82, 2.24) is 4.98 Å². The van der Waals surface area contributed by atoms with Gasteiger partial charge in [-0.2, -0.15) is 0 Å². The molecular weight excluding hydrogens is 254 g/mol. The summed E-state index contributed by atoms with van der Waals surface area (Å²) in [6.07, 6.45) is 2.13. The Labute approximate surface area is 117 Å². The number of amides is 1. The van der Waals surface area contributed by atoms with E-state index in [1.807, 2.05) is 37.3 Å². The molecule has 0 saturated carbocycles. The summed E-state index contributed by atoms with van der Waals surface area (Å²) < 4.78 is 5.56. The molecule has 1 atom stereocenters. The Balaban J connectivity index is 1.98. The van der Waals surface area contributed by atoms with Crippen molar-refractivity contribution in [2.45, 2.75) is 19.4 Å². The molecule has 2 rings (SSSR count). The first kappa shape index (κ1) is 14.0. The largest absolute Gasteiger partial charge is 0.439 e. The average molecular weight is 271 g/mol. The average Bonchev–Trinajstić information content (AvgIpc) is 2.49. The van der Waals surface area contributed by atoms with Gasteiger partial charge in [0.2, 0.25) is 11.8 Å². The molecule has 3 N–H and O–H groups in total. The number of para-hydroxylation sites is 1. The van der Waals surface area contributed by atoms with E-state index in [4.69, 9.17) is 10.5 Å². The lowest BCUT2D eigenvalue weighted by atomic mass is 10.2. The van der Waals surface area contributed by atoms with Crippen LogP contribution in [0.3, 0.4) is 0 Å². The maximum atomic E-state index is 11.6. The predicted octanol–water partition coefficient (Wildman–Crippen LogP) is 2.55. The Morgan fingerprint density at radius 3 is 2.65 bits per heavy atom. The Morgan fingerprint density at radius 1 is 1.30 bits per heavy atom. The Kier molecular flexibility index (Phi) is 4.68. The van der Waals surface area contributed by atoms with Crippen LogP contribution in [0.2, 0.25) is 0 Å². The predicted molar refractivity (Wildman–Crippen MR) is 77.6 cm³/mol. The van der Waals surface area contributed by atoms with Gasteiger partial charge >= 0.3 is 0 Å². The molecule has 0 aliphatic heterocycles. The zero-order valence-electron chi connectivity index (χ0n) is 11.2. The minimum absolute atomic E-state index is 0.217. The van der Waals surface area contributed by atoms with Gasteiger partial charge in [-0.25, -0.2) is 4.98 Å². The van der Waals surface area contributed by atoms with Crippen molar-refractivity contribution in [3.05, 3.63) is 48.7 Å². The van der Waals surface area contributed by atoms with E-state index in [9.17, 15) is 4.79 Å². The SMILES string of the molecule is CC[C@@H](N)C(=O)Nc1ccc(Oc2ccccc2)nc1. The number of hydrogen-bond donors (Lipinski definition) is 2. The van der Waals surface area contributed by atoms with Crippen LogP contribution in [0.4, 0.5) is 5.69 Å². The van der Waals surface area contributed by atoms with Crippen molar-refractivity contribution in [1.29, 1.82) is 0 Å². The van der Waals surface area contributed by atoms with Gasteiger partial charge in [0.15, 0.2) is 0 Å². The summed E-state index contributed by atoms with van der Waals surface area (Å²) >= 11 is 0. The number of nitrogens with one attached hydrogen (secondary N) is 1. The van der Waals surface area contributed by atoms with Crippen molar-refractivity contribution < 1.29 is 9.53 Å². The zero-order valence-corrected chi connectivity index (χ0v) is 11.2. The molecule has 104 valence electrons. The van der Waals surface area contributed by atoms with E-state index in [-0.39, 0.29) is 5.91 Å². The molecule has 0 aliphatic carbocycles. The fourth-order valence-electron chi connectivity index (χ4n) is 1.54. The number of hydrogen-bond acceptors (Lipinski definition) is 4. The molecule has 0 saturated heterocycles. The molecule has 0 radical (unpaired) electrons. The monoisotopic (exact) mass is 271 g/mol. The van der Waals surface area contributed by atoms with Gasteiger partial charge in [0, 0.05) is 6.07 Å². The minimum Gasteiger partial charge on any atom is -0.439 e. The number of benzene rings is 1. The van der Waals surface area contributed by atoms with Gasteiger partial charge in [-0.3, -0.25) is 4.79 Å². The van der Waals surface area contributed by atoms with Gasteiger partial charge in [0.1, 0.15) is 5.75 Å². The molecule has 1 amide bonds. The summed E-state index contributed by atoms with van der Waals surface area (Å²) in [4.78, 5) is 15.8. The third-order valence-corrected chi connectivity index (χ3v) is 2.75. The molecule has 1 heterocycles. The smallest absolute Gasteiger partial charge is 0.241 e. The molecule has 2 aromatic rings. The van der Waals surface area contributed by atoms with E-state index in [0.29, 0.717) is 23.7 Å². The second-order valence-corrected chi connectivity index (χ2v) is 4.30. The molecule has 0 aliphatic rings. The van der Waals surface area contributed by atoms with Crippen LogP contribution in [0.25, 0.3) is 0 Å². The molecule has 5 heteroatoms. The summed E-state index contributed by atoms with van der Waals surface area (Å²) in [6, 6.07) is 12.3. The number of rotatable bonds is 5. The highest BCUT2D eigenvalue weighted by Gasteiger charge is 2.11. The normalized spacial score (nSPS) is 11.7. The number of nitrogens with two attached hydrogens (primary N) is 1. The molecule has 1 aromatic heterocycles. The fraction of sp³-hybridized carbons (Fsp3) is 0.200. The maximum absolute atomic E-state index is 11.6. The van der Waals surface area contributed by atoms with Gasteiger partial charge < -0.3 is 15.8 Å². The van der Waals surface area contributed by atoms with Crippen LogP contribution in [0.5, 0.6) is 11.6 Å². The standard InChI is InChI=1S/C15H17N3O2/c1-2-13(16)15(19)18-11-8-9-14(17-10-11)20-12-6-4-3-5-7-12/h3-10,13H,2,16H2,1H3,(H,18,19)/t13-/m1/s1. The van der Waals surface area contributed by atoms with Crippen molar-refractivity contribution >= 4 is 11.6 Å². The topological polar surface area (TPSA) is 77.2 Å². The highest BCUT2D eigenvalue weighted by molar-refractivity contribution is 5.94. The molecule has 1 aromatic carbocycles. The number of carbonyl (C=O) groups excluding carboxylic acids is 1. The maximum Gasteiger partial charge on any atom is 0.241 e. The Morgan fingerprint density at radius 2 is 2.05 bits per heavy atom. The Bertz CT molecular complexity index is 555. The van der Waals surface area contributed by atoms with Gasteiger partial charge in [0.05, 0.1) is 17.9 Å². The second kappa shape index (κ2) is 6.68. The van der Waals surface area contributed by atoms with Crippen LogP contribution in [0, 0.1) is 0 Å². The quantitative estimate of drug-likeness (QED) is 0.876. The van der Waals surface area contributed by atoms with Crippen molar-refractivity contribution in [3.63, 3.8) is 0 Å². The van der Waals surface area contributed by atoms with E-state index >= 15 is 0 Å². The van der Waals surface area contributed by atoms with Gasteiger partial charge in [-0.05, 0) is 24.6 Å². The third-order valence-electron chi connectivity index (χ3n) is 2.75. The number of ether oxygens (including phenoxy) is 1. The molecular formula is C15H17N3O2. The van der Waals surface area contributed by atoms with Crippen LogP contribution in [0.15, 0.2) is 48.7 Å². The number of nitrogens with zero attached hydrogens (tertiary/aromatic N) is 1. The number of anilines is 1. The van der Waals surface area contributed by atoms with Crippen molar-refractivity contribution in [3.8, 4) is 11.6 Å². The highest BCUT2D eigenvalue weighted by atomic mass is 16.5. The molecule has 0 spiro atoms. The number of pyridine rings is 1. The van der Waals surface area contributed by atoms with Gasteiger partial charge in [-0.15, -0.1) is 0 Å². The lowest BCUT2D eigenvalue weighted by Gasteiger charge is -2.10. The molecule has 0 fully saturated rings. The molecule has 5 nitrogen and oxygen atoms in total.